The molecule has 0 aromatic heterocycles. The van der Waals surface area contributed by atoms with Crippen LogP contribution in [-0.4, -0.2) is 18.0 Å². The Hall–Kier alpha value is -0.180. The van der Waals surface area contributed by atoms with Crippen LogP contribution in [-0.2, 0) is 0 Å². The summed E-state index contributed by atoms with van der Waals surface area (Å²) >= 11 is 0. The molecule has 1 heterocycles. The molecular formula is C12H21F2N. The number of alkyl halides is 2. The lowest BCUT2D eigenvalue weighted by molar-refractivity contribution is 0.0120. The first kappa shape index (κ1) is 11.3. The van der Waals surface area contributed by atoms with Gasteiger partial charge < -0.3 is 5.32 Å². The predicted molar refractivity (Wildman–Crippen MR) is 57.2 cm³/mol. The number of nitrogens with one attached hydrogen (secondary N) is 1. The molecule has 1 aliphatic heterocycles. The zero-order valence-corrected chi connectivity index (χ0v) is 9.49. The van der Waals surface area contributed by atoms with Gasteiger partial charge in [-0.05, 0) is 25.7 Å². The topological polar surface area (TPSA) is 12.0 Å². The van der Waals surface area contributed by atoms with Gasteiger partial charge in [-0.1, -0.05) is 25.7 Å². The highest BCUT2D eigenvalue weighted by molar-refractivity contribution is 5.01. The monoisotopic (exact) mass is 217 g/mol. The van der Waals surface area contributed by atoms with Crippen molar-refractivity contribution in [1.82, 2.24) is 5.32 Å². The second-order valence-electron chi connectivity index (χ2n) is 5.49. The van der Waals surface area contributed by atoms with Gasteiger partial charge in [0, 0.05) is 12.0 Å². The summed E-state index contributed by atoms with van der Waals surface area (Å²) in [6.07, 6.45) is 7.27. The van der Waals surface area contributed by atoms with E-state index in [4.69, 9.17) is 0 Å². The van der Waals surface area contributed by atoms with Crippen LogP contribution in [0.2, 0.25) is 0 Å². The van der Waals surface area contributed by atoms with E-state index in [0.717, 1.165) is 12.8 Å². The van der Waals surface area contributed by atoms with E-state index in [1.165, 1.54) is 25.7 Å². The molecule has 1 saturated heterocycles. The molecule has 0 amide bonds. The summed E-state index contributed by atoms with van der Waals surface area (Å²) in [7, 11) is 0. The summed E-state index contributed by atoms with van der Waals surface area (Å²) in [5.74, 6) is -2.03. The SMILES string of the molecule is CC1(C2CCCCCC2)CC(F)(F)CN1. The molecule has 1 saturated carbocycles. The lowest BCUT2D eigenvalue weighted by atomic mass is 9.79. The molecule has 88 valence electrons. The zero-order chi connectivity index (χ0) is 10.9. The number of halogens is 2. The highest BCUT2D eigenvalue weighted by Gasteiger charge is 2.49. The molecule has 1 N–H and O–H groups in total. The summed E-state index contributed by atoms with van der Waals surface area (Å²) in [4.78, 5) is 0. The second kappa shape index (κ2) is 4.00. The van der Waals surface area contributed by atoms with Crippen LogP contribution in [0.1, 0.15) is 51.9 Å². The highest BCUT2D eigenvalue weighted by atomic mass is 19.3. The molecule has 0 aromatic carbocycles. The lowest BCUT2D eigenvalue weighted by Gasteiger charge is -2.33. The van der Waals surface area contributed by atoms with E-state index in [1.807, 2.05) is 6.92 Å². The van der Waals surface area contributed by atoms with Crippen molar-refractivity contribution in [3.63, 3.8) is 0 Å². The van der Waals surface area contributed by atoms with Crippen LogP contribution in [0.25, 0.3) is 0 Å². The average Bonchev–Trinajstić information content (AvgIpc) is 2.43. The molecule has 0 radical (unpaired) electrons. The normalized spacial score (nSPS) is 37.8. The summed E-state index contributed by atoms with van der Waals surface area (Å²) in [6.45, 7) is 1.86. The fourth-order valence-corrected chi connectivity index (χ4v) is 3.20. The molecule has 2 fully saturated rings. The largest absolute Gasteiger partial charge is 0.305 e. The van der Waals surface area contributed by atoms with Crippen LogP contribution < -0.4 is 5.32 Å². The minimum atomic E-state index is -2.49. The van der Waals surface area contributed by atoms with E-state index in [0.29, 0.717) is 5.92 Å². The van der Waals surface area contributed by atoms with Gasteiger partial charge in [0.15, 0.2) is 0 Å². The van der Waals surface area contributed by atoms with Gasteiger partial charge >= 0.3 is 0 Å². The van der Waals surface area contributed by atoms with Crippen LogP contribution in [0.15, 0.2) is 0 Å². The fraction of sp³-hybridized carbons (Fsp3) is 1.00. The van der Waals surface area contributed by atoms with Crippen molar-refractivity contribution < 1.29 is 8.78 Å². The van der Waals surface area contributed by atoms with E-state index >= 15 is 0 Å². The maximum Gasteiger partial charge on any atom is 0.262 e. The molecule has 1 nitrogen and oxygen atoms in total. The van der Waals surface area contributed by atoms with Crippen molar-refractivity contribution in [3.05, 3.63) is 0 Å². The predicted octanol–water partition coefficient (Wildman–Crippen LogP) is 3.34. The van der Waals surface area contributed by atoms with Gasteiger partial charge in [0.1, 0.15) is 0 Å². The van der Waals surface area contributed by atoms with Crippen molar-refractivity contribution in [2.45, 2.75) is 63.3 Å². The Balaban J connectivity index is 2.02. The van der Waals surface area contributed by atoms with Crippen LogP contribution in [0.3, 0.4) is 0 Å². The van der Waals surface area contributed by atoms with Crippen molar-refractivity contribution in [2.24, 2.45) is 5.92 Å². The maximum absolute atomic E-state index is 13.2. The van der Waals surface area contributed by atoms with Gasteiger partial charge in [-0.3, -0.25) is 0 Å². The van der Waals surface area contributed by atoms with E-state index in [2.05, 4.69) is 5.32 Å². The molecule has 1 unspecified atom stereocenters. The average molecular weight is 217 g/mol. The van der Waals surface area contributed by atoms with E-state index in [9.17, 15) is 8.78 Å². The quantitative estimate of drug-likeness (QED) is 0.664. The van der Waals surface area contributed by atoms with Crippen molar-refractivity contribution in [2.75, 3.05) is 6.54 Å². The lowest BCUT2D eigenvalue weighted by Crippen LogP contribution is -2.43. The van der Waals surface area contributed by atoms with Gasteiger partial charge in [0.25, 0.3) is 5.92 Å². The highest BCUT2D eigenvalue weighted by Crippen LogP contribution is 2.41. The van der Waals surface area contributed by atoms with Gasteiger partial charge in [-0.15, -0.1) is 0 Å². The number of hydrogen-bond donors (Lipinski definition) is 1. The number of hydrogen-bond acceptors (Lipinski definition) is 1. The van der Waals surface area contributed by atoms with Crippen molar-refractivity contribution >= 4 is 0 Å². The molecular weight excluding hydrogens is 196 g/mol. The standard InChI is InChI=1S/C12H21F2N/c1-11(8-12(13,14)9-15-11)10-6-4-2-3-5-7-10/h10,15H,2-9H2,1H3. The summed E-state index contributed by atoms with van der Waals surface area (Å²) < 4.78 is 26.5. The molecule has 0 bridgehead atoms. The number of rotatable bonds is 1. The molecule has 1 atom stereocenters. The first-order chi connectivity index (χ1) is 7.02. The molecule has 3 heteroatoms. The minimum absolute atomic E-state index is 0.0324. The fourth-order valence-electron chi connectivity index (χ4n) is 3.20. The van der Waals surface area contributed by atoms with Crippen LogP contribution in [0.4, 0.5) is 8.78 Å². The third kappa shape index (κ3) is 2.49. The summed E-state index contributed by atoms with van der Waals surface area (Å²) in [6, 6.07) is 0. The molecule has 0 aromatic rings. The summed E-state index contributed by atoms with van der Waals surface area (Å²) in [5, 5.41) is 3.07. The molecule has 2 aliphatic rings. The van der Waals surface area contributed by atoms with Gasteiger partial charge in [0.2, 0.25) is 0 Å². The zero-order valence-electron chi connectivity index (χ0n) is 9.49. The Morgan fingerprint density at radius 1 is 1.07 bits per heavy atom. The third-order valence-corrected chi connectivity index (χ3v) is 4.13. The first-order valence-electron chi connectivity index (χ1n) is 6.15. The van der Waals surface area contributed by atoms with E-state index in [-0.39, 0.29) is 18.5 Å². The Kier molecular flexibility index (Phi) is 3.02. The van der Waals surface area contributed by atoms with Gasteiger partial charge in [-0.2, -0.15) is 0 Å². The maximum atomic E-state index is 13.2. The van der Waals surface area contributed by atoms with Crippen molar-refractivity contribution in [1.29, 1.82) is 0 Å². The molecule has 1 aliphatic carbocycles. The van der Waals surface area contributed by atoms with E-state index in [1.54, 1.807) is 0 Å². The second-order valence-corrected chi connectivity index (χ2v) is 5.49. The molecule has 2 rings (SSSR count). The van der Waals surface area contributed by atoms with Crippen LogP contribution >= 0.6 is 0 Å². The van der Waals surface area contributed by atoms with Crippen LogP contribution in [0.5, 0.6) is 0 Å². The molecule has 0 spiro atoms. The van der Waals surface area contributed by atoms with Crippen LogP contribution in [0, 0.1) is 5.92 Å². The molecule has 15 heavy (non-hydrogen) atoms. The van der Waals surface area contributed by atoms with Gasteiger partial charge in [0.05, 0.1) is 6.54 Å². The first-order valence-corrected chi connectivity index (χ1v) is 6.15. The Bertz CT molecular complexity index is 222. The summed E-state index contributed by atoms with van der Waals surface area (Å²) in [5.41, 5.74) is -0.312. The smallest absolute Gasteiger partial charge is 0.262 e. The third-order valence-electron chi connectivity index (χ3n) is 4.13. The van der Waals surface area contributed by atoms with Crippen molar-refractivity contribution in [3.8, 4) is 0 Å². The Labute approximate surface area is 90.6 Å². The Morgan fingerprint density at radius 3 is 2.13 bits per heavy atom. The van der Waals surface area contributed by atoms with E-state index < -0.39 is 5.92 Å². The minimum Gasteiger partial charge on any atom is -0.305 e. The van der Waals surface area contributed by atoms with Gasteiger partial charge in [-0.25, -0.2) is 8.78 Å². The Morgan fingerprint density at radius 2 is 1.67 bits per heavy atom.